The zero-order valence-corrected chi connectivity index (χ0v) is 10.6. The van der Waals surface area contributed by atoms with Crippen LogP contribution in [0.1, 0.15) is 16.9 Å². The summed E-state index contributed by atoms with van der Waals surface area (Å²) >= 11 is 1.60. The van der Waals surface area contributed by atoms with Gasteiger partial charge < -0.3 is 10.8 Å². The highest BCUT2D eigenvalue weighted by Gasteiger charge is 2.05. The van der Waals surface area contributed by atoms with Crippen molar-refractivity contribution < 1.29 is 9.90 Å². The van der Waals surface area contributed by atoms with Crippen molar-refractivity contribution >= 4 is 17.2 Å². The van der Waals surface area contributed by atoms with Crippen molar-refractivity contribution in [3.8, 4) is 11.8 Å². The van der Waals surface area contributed by atoms with Crippen molar-refractivity contribution in [3.05, 3.63) is 21.9 Å². The number of primary amides is 1. The Morgan fingerprint density at radius 3 is 3.06 bits per heavy atom. The quantitative estimate of drug-likeness (QED) is 0.745. The van der Waals surface area contributed by atoms with E-state index in [0.717, 1.165) is 10.4 Å². The third-order valence-corrected chi connectivity index (χ3v) is 2.90. The Hall–Kier alpha value is -1.35. The molecule has 0 saturated carbocycles. The van der Waals surface area contributed by atoms with E-state index >= 15 is 0 Å². The summed E-state index contributed by atoms with van der Waals surface area (Å²) in [5.74, 6) is 5.51. The van der Waals surface area contributed by atoms with Gasteiger partial charge in [0.1, 0.15) is 0 Å². The van der Waals surface area contributed by atoms with E-state index in [4.69, 9.17) is 10.8 Å². The number of nitrogens with two attached hydrogens (primary N) is 1. The van der Waals surface area contributed by atoms with Gasteiger partial charge in [-0.3, -0.25) is 9.69 Å². The van der Waals surface area contributed by atoms with E-state index in [0.29, 0.717) is 13.0 Å². The van der Waals surface area contributed by atoms with E-state index in [2.05, 4.69) is 11.8 Å². The average Bonchev–Trinajstić information content (AvgIpc) is 2.64. The SMILES string of the molecule is CN(CC(N)=O)Cc1cc(C#CCCO)cs1. The van der Waals surface area contributed by atoms with Gasteiger partial charge in [0.25, 0.3) is 0 Å². The third-order valence-electron chi connectivity index (χ3n) is 1.97. The van der Waals surface area contributed by atoms with Crippen LogP contribution in [0.3, 0.4) is 0 Å². The maximum absolute atomic E-state index is 10.7. The van der Waals surface area contributed by atoms with Crippen LogP contribution < -0.4 is 5.73 Å². The molecular weight excluding hydrogens is 236 g/mol. The monoisotopic (exact) mass is 252 g/mol. The van der Waals surface area contributed by atoms with E-state index in [9.17, 15) is 4.79 Å². The van der Waals surface area contributed by atoms with Gasteiger partial charge in [0.2, 0.25) is 5.91 Å². The molecule has 17 heavy (non-hydrogen) atoms. The fourth-order valence-electron chi connectivity index (χ4n) is 1.34. The zero-order valence-electron chi connectivity index (χ0n) is 9.77. The molecule has 1 amide bonds. The zero-order chi connectivity index (χ0) is 12.7. The summed E-state index contributed by atoms with van der Waals surface area (Å²) in [4.78, 5) is 13.7. The molecule has 3 N–H and O–H groups in total. The van der Waals surface area contributed by atoms with Crippen LogP contribution in [-0.2, 0) is 11.3 Å². The predicted molar refractivity (Wildman–Crippen MR) is 68.4 cm³/mol. The van der Waals surface area contributed by atoms with Crippen molar-refractivity contribution in [1.29, 1.82) is 0 Å². The number of hydrogen-bond acceptors (Lipinski definition) is 4. The van der Waals surface area contributed by atoms with Crippen LogP contribution >= 0.6 is 11.3 Å². The minimum atomic E-state index is -0.327. The van der Waals surface area contributed by atoms with Gasteiger partial charge >= 0.3 is 0 Å². The van der Waals surface area contributed by atoms with Crippen LogP contribution in [0.2, 0.25) is 0 Å². The summed E-state index contributed by atoms with van der Waals surface area (Å²) in [6.45, 7) is 1.03. The molecule has 92 valence electrons. The van der Waals surface area contributed by atoms with Crippen molar-refractivity contribution in [3.63, 3.8) is 0 Å². The number of thiophene rings is 1. The Kier molecular flexibility index (Phi) is 5.70. The maximum atomic E-state index is 10.7. The second-order valence-electron chi connectivity index (χ2n) is 3.72. The van der Waals surface area contributed by atoms with Gasteiger partial charge in [-0.2, -0.15) is 0 Å². The van der Waals surface area contributed by atoms with Gasteiger partial charge in [0, 0.05) is 28.8 Å². The first-order valence-electron chi connectivity index (χ1n) is 5.26. The Morgan fingerprint density at radius 2 is 2.41 bits per heavy atom. The van der Waals surface area contributed by atoms with Crippen molar-refractivity contribution in [1.82, 2.24) is 4.90 Å². The molecule has 0 aliphatic rings. The number of carbonyl (C=O) groups excluding carboxylic acids is 1. The van der Waals surface area contributed by atoms with Crippen LogP contribution in [0.5, 0.6) is 0 Å². The van der Waals surface area contributed by atoms with E-state index in [1.165, 1.54) is 0 Å². The number of aliphatic hydroxyl groups is 1. The lowest BCUT2D eigenvalue weighted by Crippen LogP contribution is -2.29. The fraction of sp³-hybridized carbons (Fsp3) is 0.417. The molecule has 5 heteroatoms. The van der Waals surface area contributed by atoms with Crippen molar-refractivity contribution in [2.75, 3.05) is 20.2 Å². The highest BCUT2D eigenvalue weighted by molar-refractivity contribution is 7.10. The topological polar surface area (TPSA) is 66.6 Å². The molecular formula is C12H16N2O2S. The van der Waals surface area contributed by atoms with E-state index in [1.54, 1.807) is 11.3 Å². The van der Waals surface area contributed by atoms with Gasteiger partial charge in [-0.25, -0.2) is 0 Å². The van der Waals surface area contributed by atoms with Crippen molar-refractivity contribution in [2.24, 2.45) is 5.73 Å². The first-order chi connectivity index (χ1) is 8.11. The molecule has 1 heterocycles. The number of amides is 1. The number of hydrogen-bond donors (Lipinski definition) is 2. The molecule has 0 spiro atoms. The number of aliphatic hydroxyl groups excluding tert-OH is 1. The Labute approximate surface area is 105 Å². The van der Waals surface area contributed by atoms with Crippen LogP contribution in [0.25, 0.3) is 0 Å². The summed E-state index contributed by atoms with van der Waals surface area (Å²) in [5, 5.41) is 10.6. The first kappa shape index (κ1) is 13.7. The Morgan fingerprint density at radius 1 is 1.65 bits per heavy atom. The van der Waals surface area contributed by atoms with E-state index < -0.39 is 0 Å². The lowest BCUT2D eigenvalue weighted by molar-refractivity contribution is -0.118. The molecule has 0 saturated heterocycles. The molecule has 0 atom stereocenters. The number of likely N-dealkylation sites (N-methyl/N-ethyl adjacent to an activating group) is 1. The van der Waals surface area contributed by atoms with Crippen LogP contribution in [0.15, 0.2) is 11.4 Å². The maximum Gasteiger partial charge on any atom is 0.231 e. The third kappa shape index (κ3) is 5.50. The minimum Gasteiger partial charge on any atom is -0.395 e. The molecule has 0 unspecified atom stereocenters. The molecule has 1 rings (SSSR count). The summed E-state index contributed by atoms with van der Waals surface area (Å²) in [6, 6.07) is 1.99. The van der Waals surface area contributed by atoms with Gasteiger partial charge in [-0.1, -0.05) is 11.8 Å². The standard InChI is InChI=1S/C12H16N2O2S/c1-14(8-12(13)16)7-11-6-10(9-17-11)4-2-3-5-15/h6,9,15H,3,5,7-8H2,1H3,(H2,13,16). The predicted octanol–water partition coefficient (Wildman–Crippen LogP) is 0.399. The molecule has 1 aromatic heterocycles. The fourth-order valence-corrected chi connectivity index (χ4v) is 2.23. The molecule has 1 aromatic rings. The minimum absolute atomic E-state index is 0.0886. The number of carbonyl (C=O) groups is 1. The average molecular weight is 252 g/mol. The van der Waals surface area contributed by atoms with Crippen molar-refractivity contribution in [2.45, 2.75) is 13.0 Å². The lowest BCUT2D eigenvalue weighted by Gasteiger charge is -2.12. The first-order valence-corrected chi connectivity index (χ1v) is 6.13. The van der Waals surface area contributed by atoms with Crippen LogP contribution in [0, 0.1) is 11.8 Å². The van der Waals surface area contributed by atoms with E-state index in [1.807, 2.05) is 23.4 Å². The number of nitrogens with zero attached hydrogens (tertiary/aromatic N) is 1. The largest absolute Gasteiger partial charge is 0.395 e. The van der Waals surface area contributed by atoms with E-state index in [-0.39, 0.29) is 19.1 Å². The van der Waals surface area contributed by atoms with Gasteiger partial charge in [0.15, 0.2) is 0 Å². The molecule has 0 fully saturated rings. The summed E-state index contributed by atoms with van der Waals surface area (Å²) in [7, 11) is 1.85. The van der Waals surface area contributed by atoms with Gasteiger partial charge in [-0.05, 0) is 13.1 Å². The second kappa shape index (κ2) is 7.07. The second-order valence-corrected chi connectivity index (χ2v) is 4.71. The molecule has 0 aliphatic carbocycles. The lowest BCUT2D eigenvalue weighted by atomic mass is 10.3. The highest BCUT2D eigenvalue weighted by Crippen LogP contribution is 2.15. The van der Waals surface area contributed by atoms with Gasteiger partial charge in [0.05, 0.1) is 13.2 Å². The summed E-state index contributed by atoms with van der Waals surface area (Å²) < 4.78 is 0. The molecule has 0 aromatic carbocycles. The van der Waals surface area contributed by atoms with Crippen LogP contribution in [0.4, 0.5) is 0 Å². The Bertz CT molecular complexity index is 431. The van der Waals surface area contributed by atoms with Gasteiger partial charge in [-0.15, -0.1) is 11.3 Å². The number of rotatable bonds is 5. The molecule has 0 aliphatic heterocycles. The normalized spacial score (nSPS) is 10.1. The molecule has 0 bridgehead atoms. The summed E-state index contributed by atoms with van der Waals surface area (Å²) in [5.41, 5.74) is 6.06. The smallest absolute Gasteiger partial charge is 0.231 e. The molecule has 0 radical (unpaired) electrons. The molecule has 4 nitrogen and oxygen atoms in total. The highest BCUT2D eigenvalue weighted by atomic mass is 32.1. The Balaban J connectivity index is 2.51. The summed E-state index contributed by atoms with van der Waals surface area (Å²) in [6.07, 6.45) is 0.493. The van der Waals surface area contributed by atoms with Crippen LogP contribution in [-0.4, -0.2) is 36.1 Å².